The van der Waals surface area contributed by atoms with Gasteiger partial charge in [-0.15, -0.1) is 0 Å². The van der Waals surface area contributed by atoms with Crippen LogP contribution >= 0.6 is 15.9 Å². The summed E-state index contributed by atoms with van der Waals surface area (Å²) in [6.07, 6.45) is 3.17. The lowest BCUT2D eigenvalue weighted by molar-refractivity contribution is -0.123. The van der Waals surface area contributed by atoms with E-state index in [2.05, 4.69) is 47.2 Å². The van der Waals surface area contributed by atoms with Crippen molar-refractivity contribution in [1.82, 2.24) is 5.32 Å². The molecule has 0 radical (unpaired) electrons. The second-order valence-electron chi connectivity index (χ2n) is 6.00. The number of rotatable bonds is 10. The van der Waals surface area contributed by atoms with Crippen molar-refractivity contribution < 1.29 is 14.3 Å². The molecule has 0 unspecified atom stereocenters. The molecule has 1 N–H and O–H groups in total. The topological polar surface area (TPSA) is 47.6 Å². The van der Waals surface area contributed by atoms with Crippen molar-refractivity contribution in [1.29, 1.82) is 0 Å². The molecule has 4 nitrogen and oxygen atoms in total. The smallest absolute Gasteiger partial charge is 0.258 e. The standard InChI is InChI=1S/C21H26BrNO3/c1-3-5-17-6-9-18(10-7-17)25-13-12-23-21(24)15-26-20-11-8-16(4-2)14-19(20)22/h6-11,14H,3-5,12-13,15H2,1-2H3,(H,23,24). The molecule has 0 spiro atoms. The van der Waals surface area contributed by atoms with E-state index in [0.717, 1.165) is 29.5 Å². The first-order chi connectivity index (χ1) is 12.6. The molecule has 0 fully saturated rings. The van der Waals surface area contributed by atoms with Gasteiger partial charge in [-0.3, -0.25) is 4.79 Å². The van der Waals surface area contributed by atoms with Crippen LogP contribution in [0.4, 0.5) is 0 Å². The largest absolute Gasteiger partial charge is 0.492 e. The van der Waals surface area contributed by atoms with Crippen molar-refractivity contribution in [3.05, 3.63) is 58.1 Å². The summed E-state index contributed by atoms with van der Waals surface area (Å²) in [4.78, 5) is 11.9. The van der Waals surface area contributed by atoms with Crippen LogP contribution in [0.15, 0.2) is 46.9 Å². The maximum atomic E-state index is 11.9. The Morgan fingerprint density at radius 2 is 1.77 bits per heavy atom. The molecule has 0 aromatic heterocycles. The fraction of sp³-hybridized carbons (Fsp3) is 0.381. The summed E-state index contributed by atoms with van der Waals surface area (Å²) in [7, 11) is 0. The Kier molecular flexibility index (Phi) is 8.48. The van der Waals surface area contributed by atoms with Gasteiger partial charge in [-0.1, -0.05) is 38.5 Å². The molecule has 0 heterocycles. The van der Waals surface area contributed by atoms with Crippen molar-refractivity contribution in [3.8, 4) is 11.5 Å². The lowest BCUT2D eigenvalue weighted by atomic mass is 10.1. The van der Waals surface area contributed by atoms with Crippen LogP contribution in [0.3, 0.4) is 0 Å². The predicted molar refractivity (Wildman–Crippen MR) is 108 cm³/mol. The number of hydrogen-bond acceptors (Lipinski definition) is 3. The van der Waals surface area contributed by atoms with Gasteiger partial charge in [0, 0.05) is 0 Å². The van der Waals surface area contributed by atoms with Gasteiger partial charge in [-0.2, -0.15) is 0 Å². The Balaban J connectivity index is 1.66. The first kappa shape index (κ1) is 20.3. The number of carbonyl (C=O) groups is 1. The van der Waals surface area contributed by atoms with E-state index in [9.17, 15) is 4.79 Å². The molecule has 0 bridgehead atoms. The van der Waals surface area contributed by atoms with Crippen molar-refractivity contribution in [2.24, 2.45) is 0 Å². The second kappa shape index (κ2) is 10.9. The monoisotopic (exact) mass is 419 g/mol. The molecule has 2 aromatic carbocycles. The third kappa shape index (κ3) is 6.71. The van der Waals surface area contributed by atoms with Gasteiger partial charge >= 0.3 is 0 Å². The van der Waals surface area contributed by atoms with E-state index in [0.29, 0.717) is 18.9 Å². The molecule has 2 rings (SSSR count). The van der Waals surface area contributed by atoms with Gasteiger partial charge in [0.05, 0.1) is 11.0 Å². The zero-order chi connectivity index (χ0) is 18.8. The summed E-state index contributed by atoms with van der Waals surface area (Å²) in [6.45, 7) is 5.10. The van der Waals surface area contributed by atoms with Gasteiger partial charge in [0.25, 0.3) is 5.91 Å². The van der Waals surface area contributed by atoms with E-state index in [-0.39, 0.29) is 12.5 Å². The Morgan fingerprint density at radius 3 is 2.42 bits per heavy atom. The average molecular weight is 420 g/mol. The minimum atomic E-state index is -0.168. The van der Waals surface area contributed by atoms with Gasteiger partial charge in [0.2, 0.25) is 0 Å². The molecule has 0 atom stereocenters. The van der Waals surface area contributed by atoms with Crippen LogP contribution in [0.25, 0.3) is 0 Å². The second-order valence-corrected chi connectivity index (χ2v) is 6.85. The quantitative estimate of drug-likeness (QED) is 0.575. The summed E-state index contributed by atoms with van der Waals surface area (Å²) in [5.74, 6) is 1.31. The SMILES string of the molecule is CCCc1ccc(OCCNC(=O)COc2ccc(CC)cc2Br)cc1. The van der Waals surface area contributed by atoms with Crippen LogP contribution in [0.5, 0.6) is 11.5 Å². The number of amides is 1. The van der Waals surface area contributed by atoms with E-state index in [1.54, 1.807) is 0 Å². The number of nitrogens with one attached hydrogen (secondary N) is 1. The maximum absolute atomic E-state index is 11.9. The van der Waals surface area contributed by atoms with Gasteiger partial charge in [0.15, 0.2) is 6.61 Å². The van der Waals surface area contributed by atoms with E-state index in [1.807, 2.05) is 30.3 Å². The van der Waals surface area contributed by atoms with Crippen LogP contribution in [-0.2, 0) is 17.6 Å². The third-order valence-electron chi connectivity index (χ3n) is 3.92. The maximum Gasteiger partial charge on any atom is 0.258 e. The van der Waals surface area contributed by atoms with E-state index in [1.165, 1.54) is 11.1 Å². The zero-order valence-electron chi connectivity index (χ0n) is 15.4. The lowest BCUT2D eigenvalue weighted by Crippen LogP contribution is -2.32. The van der Waals surface area contributed by atoms with Crippen molar-refractivity contribution in [2.45, 2.75) is 33.1 Å². The number of hydrogen-bond donors (Lipinski definition) is 1. The van der Waals surface area contributed by atoms with Crippen molar-refractivity contribution in [2.75, 3.05) is 19.8 Å². The number of carbonyl (C=O) groups excluding carboxylic acids is 1. The van der Waals surface area contributed by atoms with E-state index in [4.69, 9.17) is 9.47 Å². The molecule has 0 saturated heterocycles. The highest BCUT2D eigenvalue weighted by atomic mass is 79.9. The molecule has 1 amide bonds. The zero-order valence-corrected chi connectivity index (χ0v) is 17.0. The highest BCUT2D eigenvalue weighted by Crippen LogP contribution is 2.26. The highest BCUT2D eigenvalue weighted by molar-refractivity contribution is 9.10. The molecular formula is C21H26BrNO3. The van der Waals surface area contributed by atoms with Gasteiger partial charge in [0.1, 0.15) is 18.1 Å². The Hall–Kier alpha value is -2.01. The Labute approximate surface area is 164 Å². The number of ether oxygens (including phenoxy) is 2. The van der Waals surface area contributed by atoms with Gasteiger partial charge < -0.3 is 14.8 Å². The third-order valence-corrected chi connectivity index (χ3v) is 4.54. The Morgan fingerprint density at radius 1 is 1.04 bits per heavy atom. The molecular weight excluding hydrogens is 394 g/mol. The van der Waals surface area contributed by atoms with Gasteiger partial charge in [-0.25, -0.2) is 0 Å². The molecule has 0 aliphatic carbocycles. The summed E-state index contributed by atoms with van der Waals surface area (Å²) in [6, 6.07) is 14.0. The Bertz CT molecular complexity index is 701. The average Bonchev–Trinajstić information content (AvgIpc) is 2.65. The number of benzene rings is 2. The fourth-order valence-electron chi connectivity index (χ4n) is 2.48. The van der Waals surface area contributed by atoms with Crippen LogP contribution in [0.1, 0.15) is 31.4 Å². The molecule has 2 aromatic rings. The first-order valence-corrected chi connectivity index (χ1v) is 9.81. The van der Waals surface area contributed by atoms with Crippen LogP contribution in [0.2, 0.25) is 0 Å². The number of halogens is 1. The summed E-state index contributed by atoms with van der Waals surface area (Å²) >= 11 is 3.47. The first-order valence-electron chi connectivity index (χ1n) is 9.02. The normalized spacial score (nSPS) is 10.4. The molecule has 0 aliphatic heterocycles. The summed E-state index contributed by atoms with van der Waals surface area (Å²) in [5.41, 5.74) is 2.52. The highest BCUT2D eigenvalue weighted by Gasteiger charge is 2.06. The molecule has 26 heavy (non-hydrogen) atoms. The van der Waals surface area contributed by atoms with E-state index < -0.39 is 0 Å². The van der Waals surface area contributed by atoms with Crippen LogP contribution in [-0.4, -0.2) is 25.7 Å². The lowest BCUT2D eigenvalue weighted by Gasteiger charge is -2.11. The summed E-state index contributed by atoms with van der Waals surface area (Å²) in [5, 5.41) is 2.79. The van der Waals surface area contributed by atoms with Crippen LogP contribution in [0, 0.1) is 0 Å². The molecule has 5 heteroatoms. The number of aryl methyl sites for hydroxylation is 2. The van der Waals surface area contributed by atoms with E-state index >= 15 is 0 Å². The van der Waals surface area contributed by atoms with Crippen molar-refractivity contribution in [3.63, 3.8) is 0 Å². The minimum Gasteiger partial charge on any atom is -0.492 e. The molecule has 0 aliphatic rings. The molecule has 140 valence electrons. The van der Waals surface area contributed by atoms with Crippen molar-refractivity contribution >= 4 is 21.8 Å². The molecule has 0 saturated carbocycles. The van der Waals surface area contributed by atoms with Gasteiger partial charge in [-0.05, 0) is 64.2 Å². The fourth-order valence-corrected chi connectivity index (χ4v) is 3.02. The minimum absolute atomic E-state index is 0.0181. The van der Waals surface area contributed by atoms with Crippen LogP contribution < -0.4 is 14.8 Å². The predicted octanol–water partition coefficient (Wildman–Crippen LogP) is 4.54. The summed E-state index contributed by atoms with van der Waals surface area (Å²) < 4.78 is 12.0.